The fourth-order valence-electron chi connectivity index (χ4n) is 1.85. The molecule has 0 spiro atoms. The summed E-state index contributed by atoms with van der Waals surface area (Å²) in [5, 5.41) is 7.33. The van der Waals surface area contributed by atoms with Gasteiger partial charge in [0.25, 0.3) is 0 Å². The van der Waals surface area contributed by atoms with Crippen LogP contribution in [0.2, 0.25) is 0 Å². The van der Waals surface area contributed by atoms with E-state index in [0.717, 1.165) is 11.5 Å². The Bertz CT molecular complexity index is 623. The zero-order valence-electron chi connectivity index (χ0n) is 12.3. The van der Waals surface area contributed by atoms with Crippen LogP contribution in [0.3, 0.4) is 0 Å². The molecule has 0 aliphatic heterocycles. The van der Waals surface area contributed by atoms with Crippen LogP contribution in [0, 0.1) is 19.3 Å². The van der Waals surface area contributed by atoms with Gasteiger partial charge in [0.2, 0.25) is 0 Å². The third kappa shape index (κ3) is 4.53. The lowest BCUT2D eigenvalue weighted by molar-refractivity contribution is 0.344. The predicted molar refractivity (Wildman–Crippen MR) is 89.6 cm³/mol. The van der Waals surface area contributed by atoms with Gasteiger partial charge in [-0.3, -0.25) is 5.41 Å². The number of nitrogens with one attached hydrogen (secondary N) is 1. The van der Waals surface area contributed by atoms with Crippen molar-refractivity contribution in [3.05, 3.63) is 59.2 Å². The molecule has 21 heavy (non-hydrogen) atoms. The van der Waals surface area contributed by atoms with Gasteiger partial charge < -0.3 is 10.5 Å². The van der Waals surface area contributed by atoms with Gasteiger partial charge in [0.05, 0.1) is 6.61 Å². The van der Waals surface area contributed by atoms with E-state index in [0.29, 0.717) is 12.2 Å². The number of thioether (sulfide) groups is 1. The molecule has 0 unspecified atom stereocenters. The number of ether oxygens (including phenoxy) is 1. The molecule has 3 N–H and O–H groups in total. The van der Waals surface area contributed by atoms with E-state index in [2.05, 4.69) is 32.0 Å². The topological polar surface area (TPSA) is 59.1 Å². The molecule has 0 heterocycles. The summed E-state index contributed by atoms with van der Waals surface area (Å²) in [7, 11) is 0. The molecule has 110 valence electrons. The van der Waals surface area contributed by atoms with E-state index in [1.54, 1.807) is 23.9 Å². The second kappa shape index (κ2) is 7.18. The van der Waals surface area contributed by atoms with Crippen molar-refractivity contribution in [1.29, 1.82) is 5.41 Å². The van der Waals surface area contributed by atoms with Gasteiger partial charge in [0, 0.05) is 16.2 Å². The van der Waals surface area contributed by atoms with Crippen LogP contribution in [0.1, 0.15) is 16.7 Å². The lowest BCUT2D eigenvalue weighted by Crippen LogP contribution is -2.10. The second-order valence-electron chi connectivity index (χ2n) is 4.88. The standard InChI is InChI=1S/C17H20N2OS/c1-12-3-8-16(11-13(12)2)21-10-9-20-15-6-4-14(5-7-15)17(18)19/h3-8,11H,9-10H2,1-2H3,(H3,18,19). The Balaban J connectivity index is 1.79. The molecule has 0 saturated heterocycles. The van der Waals surface area contributed by atoms with Crippen molar-refractivity contribution in [3.8, 4) is 5.75 Å². The molecule has 0 aliphatic carbocycles. The van der Waals surface area contributed by atoms with Crippen molar-refractivity contribution in [1.82, 2.24) is 0 Å². The molecular weight excluding hydrogens is 280 g/mol. The highest BCUT2D eigenvalue weighted by Gasteiger charge is 2.00. The Morgan fingerprint density at radius 1 is 1.10 bits per heavy atom. The summed E-state index contributed by atoms with van der Waals surface area (Å²) in [6.07, 6.45) is 0. The molecule has 2 aromatic rings. The number of nitrogen functional groups attached to an aromatic ring is 1. The van der Waals surface area contributed by atoms with Crippen molar-refractivity contribution in [2.75, 3.05) is 12.4 Å². The Kier molecular flexibility index (Phi) is 5.28. The quantitative estimate of drug-likeness (QED) is 0.369. The molecule has 0 aliphatic rings. The first-order chi connectivity index (χ1) is 10.1. The van der Waals surface area contributed by atoms with Crippen LogP contribution in [-0.2, 0) is 0 Å². The van der Waals surface area contributed by atoms with E-state index in [9.17, 15) is 0 Å². The zero-order chi connectivity index (χ0) is 15.2. The Morgan fingerprint density at radius 2 is 1.81 bits per heavy atom. The van der Waals surface area contributed by atoms with Crippen molar-refractivity contribution in [3.63, 3.8) is 0 Å². The molecule has 4 heteroatoms. The van der Waals surface area contributed by atoms with Crippen molar-refractivity contribution >= 4 is 17.6 Å². The maximum absolute atomic E-state index is 7.33. The van der Waals surface area contributed by atoms with Crippen LogP contribution in [0.15, 0.2) is 47.4 Å². The maximum Gasteiger partial charge on any atom is 0.122 e. The number of rotatable bonds is 6. The molecule has 0 saturated carbocycles. The maximum atomic E-state index is 7.33. The van der Waals surface area contributed by atoms with E-state index in [-0.39, 0.29) is 5.84 Å². The summed E-state index contributed by atoms with van der Waals surface area (Å²) < 4.78 is 5.68. The lowest BCUT2D eigenvalue weighted by Gasteiger charge is -2.08. The third-order valence-corrected chi connectivity index (χ3v) is 4.22. The van der Waals surface area contributed by atoms with E-state index < -0.39 is 0 Å². The number of amidine groups is 1. The van der Waals surface area contributed by atoms with Gasteiger partial charge in [-0.2, -0.15) is 0 Å². The normalized spacial score (nSPS) is 10.4. The molecule has 3 nitrogen and oxygen atoms in total. The molecule has 0 amide bonds. The lowest BCUT2D eigenvalue weighted by atomic mass is 10.1. The first-order valence-electron chi connectivity index (χ1n) is 6.83. The predicted octanol–water partition coefficient (Wildman–Crippen LogP) is 3.76. The highest BCUT2D eigenvalue weighted by atomic mass is 32.2. The van der Waals surface area contributed by atoms with Gasteiger partial charge in [0.1, 0.15) is 11.6 Å². The van der Waals surface area contributed by atoms with Gasteiger partial charge in [-0.25, -0.2) is 0 Å². The number of hydrogen-bond acceptors (Lipinski definition) is 3. The molecule has 0 atom stereocenters. The summed E-state index contributed by atoms with van der Waals surface area (Å²) >= 11 is 1.79. The summed E-state index contributed by atoms with van der Waals surface area (Å²) in [6.45, 7) is 4.90. The van der Waals surface area contributed by atoms with Crippen molar-refractivity contribution in [2.24, 2.45) is 5.73 Å². The molecule has 2 rings (SSSR count). The van der Waals surface area contributed by atoms with Crippen LogP contribution in [0.5, 0.6) is 5.75 Å². The number of aryl methyl sites for hydroxylation is 2. The van der Waals surface area contributed by atoms with E-state index in [1.807, 2.05) is 12.1 Å². The minimum Gasteiger partial charge on any atom is -0.493 e. The molecular formula is C17H20N2OS. The van der Waals surface area contributed by atoms with Gasteiger partial charge in [-0.05, 0) is 61.4 Å². The summed E-state index contributed by atoms with van der Waals surface area (Å²) in [6, 6.07) is 13.8. The van der Waals surface area contributed by atoms with Crippen molar-refractivity contribution < 1.29 is 4.74 Å². The van der Waals surface area contributed by atoms with Gasteiger partial charge in [-0.1, -0.05) is 6.07 Å². The summed E-state index contributed by atoms with van der Waals surface area (Å²) in [4.78, 5) is 1.27. The van der Waals surface area contributed by atoms with Crippen LogP contribution < -0.4 is 10.5 Å². The monoisotopic (exact) mass is 300 g/mol. The average Bonchev–Trinajstić information content (AvgIpc) is 2.47. The third-order valence-electron chi connectivity index (χ3n) is 3.26. The number of hydrogen-bond donors (Lipinski definition) is 2. The smallest absolute Gasteiger partial charge is 0.122 e. The van der Waals surface area contributed by atoms with Crippen LogP contribution in [0.4, 0.5) is 0 Å². The van der Waals surface area contributed by atoms with Gasteiger partial charge in [0.15, 0.2) is 0 Å². The van der Waals surface area contributed by atoms with Gasteiger partial charge >= 0.3 is 0 Å². The minimum absolute atomic E-state index is 0.0758. The Labute approximate surface area is 130 Å². The van der Waals surface area contributed by atoms with Crippen LogP contribution >= 0.6 is 11.8 Å². The first-order valence-corrected chi connectivity index (χ1v) is 7.82. The second-order valence-corrected chi connectivity index (χ2v) is 6.05. The molecule has 0 bridgehead atoms. The van der Waals surface area contributed by atoms with Crippen LogP contribution in [0.25, 0.3) is 0 Å². The highest BCUT2D eigenvalue weighted by Crippen LogP contribution is 2.21. The summed E-state index contributed by atoms with van der Waals surface area (Å²) in [5.74, 6) is 1.78. The van der Waals surface area contributed by atoms with Gasteiger partial charge in [-0.15, -0.1) is 11.8 Å². The molecule has 0 aromatic heterocycles. The average molecular weight is 300 g/mol. The fourth-order valence-corrected chi connectivity index (χ4v) is 2.68. The number of nitrogens with two attached hydrogens (primary N) is 1. The van der Waals surface area contributed by atoms with Crippen LogP contribution in [-0.4, -0.2) is 18.2 Å². The molecule has 0 radical (unpaired) electrons. The molecule has 2 aromatic carbocycles. The Morgan fingerprint density at radius 3 is 2.43 bits per heavy atom. The highest BCUT2D eigenvalue weighted by molar-refractivity contribution is 7.99. The fraction of sp³-hybridized carbons (Fsp3) is 0.235. The first kappa shape index (κ1) is 15.4. The number of benzene rings is 2. The van der Waals surface area contributed by atoms with Crippen molar-refractivity contribution in [2.45, 2.75) is 18.7 Å². The SMILES string of the molecule is Cc1ccc(SCCOc2ccc(C(=N)N)cc2)cc1C. The zero-order valence-corrected chi connectivity index (χ0v) is 13.2. The minimum atomic E-state index is 0.0758. The van der Waals surface area contributed by atoms with E-state index >= 15 is 0 Å². The van der Waals surface area contributed by atoms with E-state index in [4.69, 9.17) is 15.9 Å². The largest absolute Gasteiger partial charge is 0.493 e. The molecule has 0 fully saturated rings. The summed E-state index contributed by atoms with van der Waals surface area (Å²) in [5.41, 5.74) is 8.77. The Hall–Kier alpha value is -1.94. The van der Waals surface area contributed by atoms with E-state index in [1.165, 1.54) is 16.0 Å².